The second-order valence-electron chi connectivity index (χ2n) is 5.18. The second-order valence-corrected chi connectivity index (χ2v) is 5.18. The Kier molecular flexibility index (Phi) is 4.79. The maximum Gasteiger partial charge on any atom is 0.331 e. The monoisotopic (exact) mass is 296 g/mol. The highest BCUT2D eigenvalue weighted by Crippen LogP contribution is 2.16. The molecule has 1 fully saturated rings. The van der Waals surface area contributed by atoms with Crippen LogP contribution in [0.25, 0.3) is 0 Å². The van der Waals surface area contributed by atoms with Crippen molar-refractivity contribution in [2.45, 2.75) is 38.0 Å². The summed E-state index contributed by atoms with van der Waals surface area (Å²) in [7, 11) is 1.68. The normalized spacial score (nSPS) is 20.8. The van der Waals surface area contributed by atoms with E-state index in [1.54, 1.807) is 13.2 Å². The molecule has 3 N–H and O–H groups in total. The summed E-state index contributed by atoms with van der Waals surface area (Å²) in [6, 6.07) is -1.83. The van der Waals surface area contributed by atoms with Gasteiger partial charge < -0.3 is 20.5 Å². The Morgan fingerprint density at radius 2 is 2.29 bits per heavy atom. The molecule has 0 aromatic carbocycles. The van der Waals surface area contributed by atoms with Crippen molar-refractivity contribution < 1.29 is 19.4 Å². The number of aromatic nitrogens is 2. The molecule has 0 aliphatic carbocycles. The van der Waals surface area contributed by atoms with Crippen LogP contribution in [-0.4, -0.2) is 45.6 Å². The molecule has 1 aromatic rings. The standard InChI is InChI=1S/C13H20N4O4/c1-8(10-4-3-5-21-10)15-13(20)16-11(12(18)19)9-6-14-17(2)7-9/h6-8,10-11H,3-5H2,1-2H3,(H,18,19)(H2,15,16,20). The SMILES string of the molecule is CC(NC(=O)NC(C(=O)O)c1cnn(C)c1)C1CCCO1. The van der Waals surface area contributed by atoms with E-state index < -0.39 is 18.0 Å². The molecule has 21 heavy (non-hydrogen) atoms. The van der Waals surface area contributed by atoms with E-state index in [-0.39, 0.29) is 12.1 Å². The number of hydrogen-bond acceptors (Lipinski definition) is 4. The minimum absolute atomic E-state index is 0.0163. The Labute approximate surface area is 122 Å². The van der Waals surface area contributed by atoms with Gasteiger partial charge in [-0.1, -0.05) is 0 Å². The van der Waals surface area contributed by atoms with Crippen LogP contribution in [0.4, 0.5) is 4.79 Å². The topological polar surface area (TPSA) is 105 Å². The summed E-state index contributed by atoms with van der Waals surface area (Å²) in [4.78, 5) is 23.2. The molecular formula is C13H20N4O4. The lowest BCUT2D eigenvalue weighted by Crippen LogP contribution is -2.48. The van der Waals surface area contributed by atoms with E-state index in [4.69, 9.17) is 4.74 Å². The van der Waals surface area contributed by atoms with Crippen molar-refractivity contribution in [1.29, 1.82) is 0 Å². The number of ether oxygens (including phenoxy) is 1. The largest absolute Gasteiger partial charge is 0.479 e. The van der Waals surface area contributed by atoms with Gasteiger partial charge in [-0.05, 0) is 19.8 Å². The first-order valence-corrected chi connectivity index (χ1v) is 6.87. The molecule has 0 saturated carbocycles. The van der Waals surface area contributed by atoms with E-state index in [0.717, 1.165) is 12.8 Å². The summed E-state index contributed by atoms with van der Waals surface area (Å²) < 4.78 is 6.97. The predicted molar refractivity (Wildman–Crippen MR) is 73.7 cm³/mol. The van der Waals surface area contributed by atoms with Crippen LogP contribution in [-0.2, 0) is 16.6 Å². The molecule has 116 valence electrons. The Bertz CT molecular complexity index is 510. The zero-order chi connectivity index (χ0) is 15.4. The highest BCUT2D eigenvalue weighted by atomic mass is 16.5. The number of nitrogens with one attached hydrogen (secondary N) is 2. The number of amides is 2. The van der Waals surface area contributed by atoms with Gasteiger partial charge >= 0.3 is 12.0 Å². The molecule has 0 spiro atoms. The first kappa shape index (κ1) is 15.3. The number of carbonyl (C=O) groups excluding carboxylic acids is 1. The molecule has 8 nitrogen and oxygen atoms in total. The molecular weight excluding hydrogens is 276 g/mol. The Balaban J connectivity index is 1.93. The number of aryl methyl sites for hydroxylation is 1. The zero-order valence-electron chi connectivity index (χ0n) is 12.1. The first-order chi connectivity index (χ1) is 9.97. The second kappa shape index (κ2) is 6.57. The molecule has 3 atom stereocenters. The smallest absolute Gasteiger partial charge is 0.331 e. The zero-order valence-corrected chi connectivity index (χ0v) is 12.1. The van der Waals surface area contributed by atoms with Gasteiger partial charge in [-0.15, -0.1) is 0 Å². The molecule has 0 bridgehead atoms. The van der Waals surface area contributed by atoms with E-state index in [1.165, 1.54) is 10.9 Å². The highest BCUT2D eigenvalue weighted by molar-refractivity contribution is 5.83. The average Bonchev–Trinajstić information content (AvgIpc) is 3.06. The average molecular weight is 296 g/mol. The molecule has 2 heterocycles. The molecule has 1 aliphatic rings. The predicted octanol–water partition coefficient (Wildman–Crippen LogP) is 0.413. The summed E-state index contributed by atoms with van der Waals surface area (Å²) in [6.07, 6.45) is 4.83. The number of urea groups is 1. The number of aliphatic carboxylic acids is 1. The maximum absolute atomic E-state index is 11.9. The third-order valence-corrected chi connectivity index (χ3v) is 3.46. The van der Waals surface area contributed by atoms with Gasteiger partial charge in [0.25, 0.3) is 0 Å². The number of carboxylic acid groups (broad SMARTS) is 1. The lowest BCUT2D eigenvalue weighted by molar-refractivity contribution is -0.139. The fourth-order valence-electron chi connectivity index (χ4n) is 2.35. The van der Waals surface area contributed by atoms with Crippen molar-refractivity contribution in [2.24, 2.45) is 7.05 Å². The van der Waals surface area contributed by atoms with Gasteiger partial charge in [0, 0.05) is 25.4 Å². The van der Waals surface area contributed by atoms with Crippen LogP contribution in [0, 0.1) is 0 Å². The van der Waals surface area contributed by atoms with Crippen molar-refractivity contribution in [2.75, 3.05) is 6.61 Å². The molecule has 8 heteroatoms. The fourth-order valence-corrected chi connectivity index (χ4v) is 2.35. The third-order valence-electron chi connectivity index (χ3n) is 3.46. The van der Waals surface area contributed by atoms with E-state index in [0.29, 0.717) is 12.2 Å². The van der Waals surface area contributed by atoms with Crippen molar-refractivity contribution in [3.8, 4) is 0 Å². The van der Waals surface area contributed by atoms with Gasteiger partial charge in [-0.3, -0.25) is 4.68 Å². The van der Waals surface area contributed by atoms with Crippen molar-refractivity contribution in [1.82, 2.24) is 20.4 Å². The van der Waals surface area contributed by atoms with Crippen LogP contribution < -0.4 is 10.6 Å². The van der Waals surface area contributed by atoms with Crippen LogP contribution in [0.3, 0.4) is 0 Å². The third kappa shape index (κ3) is 3.94. The van der Waals surface area contributed by atoms with Gasteiger partial charge in [0.05, 0.1) is 18.3 Å². The van der Waals surface area contributed by atoms with Gasteiger partial charge in [0.1, 0.15) is 0 Å². The molecule has 0 radical (unpaired) electrons. The molecule has 3 unspecified atom stereocenters. The lowest BCUT2D eigenvalue weighted by atomic mass is 10.1. The Morgan fingerprint density at radius 3 is 2.81 bits per heavy atom. The number of hydrogen-bond donors (Lipinski definition) is 3. The lowest BCUT2D eigenvalue weighted by Gasteiger charge is -2.21. The van der Waals surface area contributed by atoms with Crippen LogP contribution >= 0.6 is 0 Å². The summed E-state index contributed by atoms with van der Waals surface area (Å²) >= 11 is 0. The number of rotatable bonds is 5. The maximum atomic E-state index is 11.9. The minimum atomic E-state index is -1.14. The van der Waals surface area contributed by atoms with Gasteiger partial charge in [-0.25, -0.2) is 9.59 Å². The van der Waals surface area contributed by atoms with E-state index in [2.05, 4.69) is 15.7 Å². The van der Waals surface area contributed by atoms with Crippen LogP contribution in [0.2, 0.25) is 0 Å². The number of nitrogens with zero attached hydrogens (tertiary/aromatic N) is 2. The summed E-state index contributed by atoms with van der Waals surface area (Å²) in [5.41, 5.74) is 0.421. The summed E-state index contributed by atoms with van der Waals surface area (Å²) in [6.45, 7) is 2.54. The quantitative estimate of drug-likeness (QED) is 0.730. The highest BCUT2D eigenvalue weighted by Gasteiger charge is 2.27. The van der Waals surface area contributed by atoms with Gasteiger partial charge in [0.2, 0.25) is 0 Å². The Hall–Kier alpha value is -2.09. The van der Waals surface area contributed by atoms with Crippen LogP contribution in [0.5, 0.6) is 0 Å². The summed E-state index contributed by atoms with van der Waals surface area (Å²) in [5.74, 6) is -1.14. The van der Waals surface area contributed by atoms with Gasteiger partial charge in [-0.2, -0.15) is 5.10 Å². The van der Waals surface area contributed by atoms with E-state index >= 15 is 0 Å². The molecule has 1 aromatic heterocycles. The Morgan fingerprint density at radius 1 is 1.52 bits per heavy atom. The molecule has 2 amide bonds. The van der Waals surface area contributed by atoms with Crippen molar-refractivity contribution in [3.05, 3.63) is 18.0 Å². The number of carboxylic acids is 1. The van der Waals surface area contributed by atoms with Gasteiger partial charge in [0.15, 0.2) is 6.04 Å². The van der Waals surface area contributed by atoms with Crippen LogP contribution in [0.15, 0.2) is 12.4 Å². The van der Waals surface area contributed by atoms with Crippen LogP contribution in [0.1, 0.15) is 31.4 Å². The first-order valence-electron chi connectivity index (χ1n) is 6.87. The summed E-state index contributed by atoms with van der Waals surface area (Å²) in [5, 5.41) is 18.3. The van der Waals surface area contributed by atoms with E-state index in [9.17, 15) is 14.7 Å². The minimum Gasteiger partial charge on any atom is -0.479 e. The molecule has 1 saturated heterocycles. The van der Waals surface area contributed by atoms with Crippen molar-refractivity contribution in [3.63, 3.8) is 0 Å². The van der Waals surface area contributed by atoms with Crippen molar-refractivity contribution >= 4 is 12.0 Å². The fraction of sp³-hybridized carbons (Fsp3) is 0.615. The number of carbonyl (C=O) groups is 2. The molecule has 1 aliphatic heterocycles. The van der Waals surface area contributed by atoms with E-state index in [1.807, 2.05) is 6.92 Å². The molecule has 2 rings (SSSR count).